The molecule has 0 saturated carbocycles. The molecule has 0 bridgehead atoms. The molecule has 0 spiro atoms. The van der Waals surface area contributed by atoms with Gasteiger partial charge in [-0.1, -0.05) is 48.5 Å². The van der Waals surface area contributed by atoms with E-state index >= 15 is 0 Å². The summed E-state index contributed by atoms with van der Waals surface area (Å²) in [5.41, 5.74) is 2.36. The van der Waals surface area contributed by atoms with Gasteiger partial charge < -0.3 is 15.2 Å². The van der Waals surface area contributed by atoms with Crippen molar-refractivity contribution in [3.8, 4) is 5.75 Å². The number of fused-ring (bicyclic) bond motifs is 1. The molecule has 2 aromatic rings. The van der Waals surface area contributed by atoms with Crippen molar-refractivity contribution in [3.63, 3.8) is 0 Å². The highest BCUT2D eigenvalue weighted by molar-refractivity contribution is 5.39. The lowest BCUT2D eigenvalue weighted by atomic mass is 9.92. The number of aliphatic hydroxyl groups excluding tert-OH is 1. The fraction of sp³-hybridized carbons (Fsp3) is 0.333. The van der Waals surface area contributed by atoms with Crippen LogP contribution in [0.4, 0.5) is 0 Å². The van der Waals surface area contributed by atoms with Gasteiger partial charge in [0.2, 0.25) is 0 Å². The summed E-state index contributed by atoms with van der Waals surface area (Å²) in [6.07, 6.45) is 0.912. The van der Waals surface area contributed by atoms with Crippen molar-refractivity contribution in [2.75, 3.05) is 6.61 Å². The highest BCUT2D eigenvalue weighted by Gasteiger charge is 2.29. The van der Waals surface area contributed by atoms with Crippen molar-refractivity contribution < 1.29 is 9.84 Å². The van der Waals surface area contributed by atoms with Crippen molar-refractivity contribution in [2.24, 2.45) is 0 Å². The van der Waals surface area contributed by atoms with Crippen LogP contribution in [-0.4, -0.2) is 17.8 Å². The van der Waals surface area contributed by atoms with Crippen LogP contribution in [0.5, 0.6) is 5.75 Å². The molecule has 0 saturated heterocycles. The molecule has 3 heteroatoms. The molecule has 0 fully saturated rings. The third-order valence-electron chi connectivity index (χ3n) is 3.94. The second-order valence-electron chi connectivity index (χ2n) is 5.59. The minimum Gasteiger partial charge on any atom is -0.485 e. The van der Waals surface area contributed by atoms with Gasteiger partial charge in [0, 0.05) is 24.1 Å². The Morgan fingerprint density at radius 2 is 1.86 bits per heavy atom. The summed E-state index contributed by atoms with van der Waals surface area (Å²) >= 11 is 0. The molecule has 0 aromatic heterocycles. The third-order valence-corrected chi connectivity index (χ3v) is 3.94. The largest absolute Gasteiger partial charge is 0.485 e. The molecule has 0 amide bonds. The zero-order valence-electron chi connectivity index (χ0n) is 12.2. The van der Waals surface area contributed by atoms with E-state index in [1.165, 1.54) is 11.1 Å². The zero-order valence-corrected chi connectivity index (χ0v) is 12.2. The molecule has 0 aliphatic carbocycles. The van der Waals surface area contributed by atoms with Gasteiger partial charge in [-0.25, -0.2) is 0 Å². The molecular weight excluding hydrogens is 262 g/mol. The smallest absolute Gasteiger partial charge is 0.126 e. The Labute approximate surface area is 125 Å². The van der Waals surface area contributed by atoms with E-state index in [4.69, 9.17) is 4.74 Å². The van der Waals surface area contributed by atoms with Gasteiger partial charge in [-0.3, -0.25) is 0 Å². The van der Waals surface area contributed by atoms with Crippen LogP contribution in [0.1, 0.15) is 36.6 Å². The van der Waals surface area contributed by atoms with Crippen molar-refractivity contribution in [1.82, 2.24) is 5.32 Å². The maximum absolute atomic E-state index is 9.30. The number of para-hydroxylation sites is 1. The Morgan fingerprint density at radius 1 is 1.14 bits per heavy atom. The van der Waals surface area contributed by atoms with Gasteiger partial charge in [0.05, 0.1) is 6.61 Å². The van der Waals surface area contributed by atoms with Crippen LogP contribution in [0, 0.1) is 0 Å². The lowest BCUT2D eigenvalue weighted by molar-refractivity contribution is 0.141. The van der Waals surface area contributed by atoms with Gasteiger partial charge in [-0.2, -0.15) is 0 Å². The first-order chi connectivity index (χ1) is 10.3. The minimum atomic E-state index is 0.0458. The second kappa shape index (κ2) is 6.29. The average Bonchev–Trinajstić information content (AvgIpc) is 2.55. The number of hydrogen-bond acceptors (Lipinski definition) is 3. The number of aliphatic hydroxyl groups is 1. The van der Waals surface area contributed by atoms with Crippen LogP contribution in [-0.2, 0) is 0 Å². The first kappa shape index (κ1) is 14.1. The van der Waals surface area contributed by atoms with E-state index < -0.39 is 0 Å². The van der Waals surface area contributed by atoms with E-state index in [0.717, 1.165) is 12.2 Å². The van der Waals surface area contributed by atoms with Crippen LogP contribution in [0.25, 0.3) is 0 Å². The second-order valence-corrected chi connectivity index (χ2v) is 5.59. The van der Waals surface area contributed by atoms with E-state index in [1.54, 1.807) is 0 Å². The van der Waals surface area contributed by atoms with E-state index in [9.17, 15) is 5.11 Å². The Bertz CT molecular complexity index is 585. The predicted molar refractivity (Wildman–Crippen MR) is 83.3 cm³/mol. The van der Waals surface area contributed by atoms with Crippen LogP contribution in [0.3, 0.4) is 0 Å². The molecule has 110 valence electrons. The zero-order chi connectivity index (χ0) is 14.7. The van der Waals surface area contributed by atoms with E-state index in [0.29, 0.717) is 0 Å². The van der Waals surface area contributed by atoms with Crippen LogP contribution < -0.4 is 10.1 Å². The van der Waals surface area contributed by atoms with Gasteiger partial charge in [-0.15, -0.1) is 0 Å². The first-order valence-electron chi connectivity index (χ1n) is 7.45. The van der Waals surface area contributed by atoms with Crippen molar-refractivity contribution in [1.29, 1.82) is 0 Å². The molecule has 3 atom stereocenters. The summed E-state index contributed by atoms with van der Waals surface area (Å²) in [6.45, 7) is 2.13. The molecule has 3 nitrogen and oxygen atoms in total. The number of nitrogens with one attached hydrogen (secondary N) is 1. The minimum absolute atomic E-state index is 0.0458. The lowest BCUT2D eigenvalue weighted by Crippen LogP contribution is -2.36. The molecule has 2 N–H and O–H groups in total. The van der Waals surface area contributed by atoms with Gasteiger partial charge in [0.25, 0.3) is 0 Å². The summed E-state index contributed by atoms with van der Waals surface area (Å²) < 4.78 is 6.16. The normalized spacial score (nSPS) is 22.2. The SMILES string of the molecule is C[C@H](CO)N[C@H]1C[C@H](c2ccccc2)Oc2ccccc21. The van der Waals surface area contributed by atoms with Crippen molar-refractivity contribution >= 4 is 0 Å². The van der Waals surface area contributed by atoms with E-state index in [2.05, 4.69) is 23.5 Å². The molecule has 1 heterocycles. The first-order valence-corrected chi connectivity index (χ1v) is 7.45. The van der Waals surface area contributed by atoms with Crippen molar-refractivity contribution in [2.45, 2.75) is 31.5 Å². The summed E-state index contributed by atoms with van der Waals surface area (Å²) in [5.74, 6) is 0.931. The van der Waals surface area contributed by atoms with Crippen LogP contribution >= 0.6 is 0 Å². The molecular formula is C18H21NO2. The summed E-state index contributed by atoms with van der Waals surface area (Å²) in [4.78, 5) is 0. The predicted octanol–water partition coefficient (Wildman–Crippen LogP) is 3.22. The third kappa shape index (κ3) is 3.09. The van der Waals surface area contributed by atoms with E-state index in [-0.39, 0.29) is 24.8 Å². The van der Waals surface area contributed by atoms with Gasteiger partial charge in [0.15, 0.2) is 0 Å². The van der Waals surface area contributed by atoms with Crippen LogP contribution in [0.15, 0.2) is 54.6 Å². The highest BCUT2D eigenvalue weighted by atomic mass is 16.5. The Hall–Kier alpha value is -1.84. The Morgan fingerprint density at radius 3 is 2.62 bits per heavy atom. The van der Waals surface area contributed by atoms with Gasteiger partial charge in [-0.05, 0) is 18.6 Å². The summed E-state index contributed by atoms with van der Waals surface area (Å²) in [5, 5.41) is 12.8. The number of ether oxygens (including phenoxy) is 1. The molecule has 0 unspecified atom stereocenters. The fourth-order valence-corrected chi connectivity index (χ4v) is 2.84. The number of rotatable bonds is 4. The molecule has 0 radical (unpaired) electrons. The fourth-order valence-electron chi connectivity index (χ4n) is 2.84. The Balaban J connectivity index is 1.89. The molecule has 1 aliphatic heterocycles. The highest BCUT2D eigenvalue weighted by Crippen LogP contribution is 2.40. The van der Waals surface area contributed by atoms with Gasteiger partial charge >= 0.3 is 0 Å². The number of benzene rings is 2. The average molecular weight is 283 g/mol. The lowest BCUT2D eigenvalue weighted by Gasteiger charge is -2.34. The molecule has 1 aliphatic rings. The Kier molecular flexibility index (Phi) is 4.23. The van der Waals surface area contributed by atoms with Crippen molar-refractivity contribution in [3.05, 3.63) is 65.7 Å². The van der Waals surface area contributed by atoms with Gasteiger partial charge in [0.1, 0.15) is 11.9 Å². The van der Waals surface area contributed by atoms with Crippen LogP contribution in [0.2, 0.25) is 0 Å². The molecule has 21 heavy (non-hydrogen) atoms. The summed E-state index contributed by atoms with van der Waals surface area (Å²) in [7, 11) is 0. The summed E-state index contributed by atoms with van der Waals surface area (Å²) in [6, 6.07) is 18.7. The van der Waals surface area contributed by atoms with E-state index in [1.807, 2.05) is 43.3 Å². The monoisotopic (exact) mass is 283 g/mol. The number of hydrogen-bond donors (Lipinski definition) is 2. The molecule has 3 rings (SSSR count). The maximum Gasteiger partial charge on any atom is 0.126 e. The standard InChI is InChI=1S/C18H21NO2/c1-13(12-20)19-16-11-18(14-7-3-2-4-8-14)21-17-10-6-5-9-15(16)17/h2-10,13,16,18-20H,11-12H2,1H3/t13-,16+,18-/m1/s1. The quantitative estimate of drug-likeness (QED) is 0.905. The molecule has 2 aromatic carbocycles. The maximum atomic E-state index is 9.30. The topological polar surface area (TPSA) is 41.5 Å².